The summed E-state index contributed by atoms with van der Waals surface area (Å²) in [6, 6.07) is 8.35. The zero-order valence-corrected chi connectivity index (χ0v) is 20.9. The second-order valence-corrected chi connectivity index (χ2v) is 11.5. The zero-order chi connectivity index (χ0) is 25.3. The lowest BCUT2D eigenvalue weighted by Crippen LogP contribution is -2.23. The molecule has 0 bridgehead atoms. The minimum atomic E-state index is -3.52. The smallest absolute Gasteiger partial charge is 0.304 e. The Morgan fingerprint density at radius 1 is 1.03 bits per heavy atom. The third kappa shape index (κ3) is 10.0. The molecular weight excluding hydrogens is 468 g/mol. The molecule has 1 aromatic carbocycles. The lowest BCUT2D eigenvalue weighted by atomic mass is 9.95. The summed E-state index contributed by atoms with van der Waals surface area (Å²) in [5.74, 6) is -0.504. The number of amides is 1. The number of hydrogen-bond acceptors (Lipinski definition) is 7. The highest BCUT2D eigenvalue weighted by Crippen LogP contribution is 2.26. The molecule has 2 aromatic rings. The second-order valence-electron chi connectivity index (χ2n) is 9.34. The number of aliphatic carboxylic acids is 1. The summed E-state index contributed by atoms with van der Waals surface area (Å²) in [5.41, 5.74) is 1.25. The number of nitrogens with one attached hydrogen (secondary N) is 2. The van der Waals surface area contributed by atoms with E-state index in [9.17, 15) is 18.0 Å². The third-order valence-electron chi connectivity index (χ3n) is 5.95. The topological polar surface area (TPSA) is 138 Å². The van der Waals surface area contributed by atoms with E-state index in [-0.39, 0.29) is 11.4 Å². The lowest BCUT2D eigenvalue weighted by Gasteiger charge is -2.23. The highest BCUT2D eigenvalue weighted by molar-refractivity contribution is 7.90. The normalized spacial score (nSPS) is 16.0. The van der Waals surface area contributed by atoms with Crippen LogP contribution in [-0.2, 0) is 20.4 Å². The van der Waals surface area contributed by atoms with Crippen LogP contribution in [0.5, 0.6) is 0 Å². The minimum absolute atomic E-state index is 0.230. The van der Waals surface area contributed by atoms with Gasteiger partial charge in [0.25, 0.3) is 5.91 Å². The average molecular weight is 503 g/mol. The SMILES string of the molecule is CC1CC1.O=C(O)CCS(=O)(=O)Cc1ccc(NC(=O)c2cc(NC3CCCCC3)ncn2)cc1. The van der Waals surface area contributed by atoms with Gasteiger partial charge in [0.05, 0.1) is 17.9 Å². The molecule has 190 valence electrons. The molecule has 35 heavy (non-hydrogen) atoms. The lowest BCUT2D eigenvalue weighted by molar-refractivity contribution is -0.136. The van der Waals surface area contributed by atoms with Crippen LogP contribution in [0.25, 0.3) is 0 Å². The molecular formula is C25H34N4O5S. The molecule has 2 aliphatic carbocycles. The van der Waals surface area contributed by atoms with Crippen molar-refractivity contribution in [3.63, 3.8) is 0 Å². The number of rotatable bonds is 9. The number of sulfone groups is 1. The number of hydrogen-bond donors (Lipinski definition) is 3. The van der Waals surface area contributed by atoms with Gasteiger partial charge in [-0.1, -0.05) is 51.2 Å². The Bertz CT molecular complexity index is 1100. The van der Waals surface area contributed by atoms with E-state index in [0.717, 1.165) is 18.8 Å². The fourth-order valence-electron chi connectivity index (χ4n) is 3.63. The molecule has 2 fully saturated rings. The molecule has 3 N–H and O–H groups in total. The molecule has 0 unspecified atom stereocenters. The molecule has 0 aliphatic heterocycles. The van der Waals surface area contributed by atoms with Crippen LogP contribution in [0.15, 0.2) is 36.7 Å². The van der Waals surface area contributed by atoms with E-state index in [0.29, 0.717) is 23.1 Å². The van der Waals surface area contributed by atoms with Gasteiger partial charge in [-0.3, -0.25) is 9.59 Å². The van der Waals surface area contributed by atoms with Crippen molar-refractivity contribution in [1.82, 2.24) is 9.97 Å². The highest BCUT2D eigenvalue weighted by atomic mass is 32.2. The zero-order valence-electron chi connectivity index (χ0n) is 20.1. The Hall–Kier alpha value is -3.01. The Balaban J connectivity index is 0.000000775. The van der Waals surface area contributed by atoms with Crippen molar-refractivity contribution in [2.75, 3.05) is 16.4 Å². The van der Waals surface area contributed by atoms with Crippen LogP contribution >= 0.6 is 0 Å². The molecule has 2 saturated carbocycles. The maximum atomic E-state index is 12.5. The van der Waals surface area contributed by atoms with E-state index in [1.54, 1.807) is 30.3 Å². The van der Waals surface area contributed by atoms with Gasteiger partial charge in [0.1, 0.15) is 17.8 Å². The van der Waals surface area contributed by atoms with Crippen molar-refractivity contribution in [3.05, 3.63) is 47.9 Å². The molecule has 10 heteroatoms. The van der Waals surface area contributed by atoms with Crippen LogP contribution in [0.3, 0.4) is 0 Å². The first kappa shape index (κ1) is 26.6. The first-order valence-corrected chi connectivity index (χ1v) is 13.9. The number of carbonyl (C=O) groups is 2. The molecule has 4 rings (SSSR count). The van der Waals surface area contributed by atoms with Crippen molar-refractivity contribution in [3.8, 4) is 0 Å². The van der Waals surface area contributed by atoms with Gasteiger partial charge in [-0.25, -0.2) is 18.4 Å². The summed E-state index contributed by atoms with van der Waals surface area (Å²) in [6.07, 6.45) is 9.70. The van der Waals surface area contributed by atoms with E-state index in [4.69, 9.17) is 5.11 Å². The molecule has 1 aromatic heterocycles. The molecule has 2 aliphatic rings. The van der Waals surface area contributed by atoms with Gasteiger partial charge in [-0.15, -0.1) is 0 Å². The van der Waals surface area contributed by atoms with Crippen LogP contribution in [0.1, 0.15) is 74.3 Å². The summed E-state index contributed by atoms with van der Waals surface area (Å²) < 4.78 is 23.9. The summed E-state index contributed by atoms with van der Waals surface area (Å²) in [4.78, 5) is 31.3. The van der Waals surface area contributed by atoms with E-state index >= 15 is 0 Å². The van der Waals surface area contributed by atoms with Crippen molar-refractivity contribution in [1.29, 1.82) is 0 Å². The standard InChI is InChI=1S/C21H26N4O5S.C4H8/c26-20(27)10-11-31(29,30)13-15-6-8-17(9-7-15)25-21(28)18-12-19(23-14-22-18)24-16-4-2-1-3-5-16;1-4-2-3-4/h6-9,12,14,16H,1-5,10-11,13H2,(H,25,28)(H,26,27)(H,22,23,24);4H,2-3H2,1H3. The van der Waals surface area contributed by atoms with Crippen LogP contribution < -0.4 is 10.6 Å². The fraction of sp³-hybridized carbons (Fsp3) is 0.520. The molecule has 9 nitrogen and oxygen atoms in total. The van der Waals surface area contributed by atoms with Gasteiger partial charge < -0.3 is 15.7 Å². The Labute approximate surface area is 206 Å². The summed E-state index contributed by atoms with van der Waals surface area (Å²) in [6.45, 7) is 2.28. The van der Waals surface area contributed by atoms with Gasteiger partial charge >= 0.3 is 5.97 Å². The molecule has 0 radical (unpaired) electrons. The molecule has 0 spiro atoms. The second kappa shape index (κ2) is 12.6. The maximum absolute atomic E-state index is 12.5. The van der Waals surface area contributed by atoms with Gasteiger partial charge in [0, 0.05) is 17.8 Å². The summed E-state index contributed by atoms with van der Waals surface area (Å²) >= 11 is 0. The van der Waals surface area contributed by atoms with Crippen molar-refractivity contribution in [2.24, 2.45) is 5.92 Å². The Morgan fingerprint density at radius 2 is 1.69 bits per heavy atom. The molecule has 1 heterocycles. The van der Waals surface area contributed by atoms with Crippen LogP contribution in [0.2, 0.25) is 0 Å². The first-order chi connectivity index (χ1) is 16.7. The number of benzene rings is 1. The predicted octanol–water partition coefficient (Wildman–Crippen LogP) is 4.28. The van der Waals surface area contributed by atoms with E-state index in [2.05, 4.69) is 27.5 Å². The van der Waals surface area contributed by atoms with Gasteiger partial charge in [-0.2, -0.15) is 0 Å². The van der Waals surface area contributed by atoms with Crippen LogP contribution in [0, 0.1) is 5.92 Å². The number of carbonyl (C=O) groups excluding carboxylic acids is 1. The number of carboxylic acids is 1. The van der Waals surface area contributed by atoms with Crippen molar-refractivity contribution in [2.45, 2.75) is 70.1 Å². The Morgan fingerprint density at radius 3 is 2.29 bits per heavy atom. The van der Waals surface area contributed by atoms with E-state index in [1.165, 1.54) is 38.4 Å². The Kier molecular flexibility index (Phi) is 9.59. The van der Waals surface area contributed by atoms with Crippen molar-refractivity contribution < 1.29 is 23.1 Å². The molecule has 0 atom stereocenters. The largest absolute Gasteiger partial charge is 0.481 e. The fourth-order valence-corrected chi connectivity index (χ4v) is 4.96. The third-order valence-corrected chi connectivity index (χ3v) is 7.55. The number of nitrogens with zero attached hydrogens (tertiary/aromatic N) is 2. The number of anilines is 2. The van der Waals surface area contributed by atoms with Gasteiger partial charge in [0.15, 0.2) is 9.84 Å². The van der Waals surface area contributed by atoms with E-state index in [1.807, 2.05) is 0 Å². The van der Waals surface area contributed by atoms with Crippen LogP contribution in [0.4, 0.5) is 11.5 Å². The van der Waals surface area contributed by atoms with Crippen LogP contribution in [-0.4, -0.2) is 47.2 Å². The highest BCUT2D eigenvalue weighted by Gasteiger charge is 2.16. The maximum Gasteiger partial charge on any atom is 0.304 e. The van der Waals surface area contributed by atoms with Gasteiger partial charge in [-0.05, 0) is 36.5 Å². The molecule has 0 saturated heterocycles. The average Bonchev–Trinajstić information content (AvgIpc) is 3.62. The quantitative estimate of drug-likeness (QED) is 0.462. The number of carboxylic acid groups (broad SMARTS) is 1. The minimum Gasteiger partial charge on any atom is -0.481 e. The van der Waals surface area contributed by atoms with Gasteiger partial charge in [0.2, 0.25) is 0 Å². The monoisotopic (exact) mass is 502 g/mol. The predicted molar refractivity (Wildman–Crippen MR) is 135 cm³/mol. The first-order valence-electron chi connectivity index (χ1n) is 12.1. The van der Waals surface area contributed by atoms with E-state index < -0.39 is 33.9 Å². The summed E-state index contributed by atoms with van der Waals surface area (Å²) in [7, 11) is -3.52. The van der Waals surface area contributed by atoms with Crippen molar-refractivity contribution >= 4 is 33.2 Å². The molecule has 1 amide bonds. The number of aromatic nitrogens is 2. The summed E-state index contributed by atoms with van der Waals surface area (Å²) in [5, 5.41) is 14.7.